The van der Waals surface area contributed by atoms with Crippen molar-refractivity contribution in [3.63, 3.8) is 0 Å². The average molecular weight is 384 g/mol. The third kappa shape index (κ3) is 3.27. The Morgan fingerprint density at radius 1 is 1.22 bits per heavy atom. The van der Waals surface area contributed by atoms with Crippen molar-refractivity contribution >= 4 is 28.2 Å². The molecule has 0 radical (unpaired) electrons. The molecule has 4 rings (SSSR count). The third-order valence-electron chi connectivity index (χ3n) is 3.88. The van der Waals surface area contributed by atoms with E-state index < -0.39 is 4.92 Å². The standard InChI is InChI=1S/C17H10ClN5O4/c18-11-3-1-2-10(6-11)16-20-15(27-21-16)8-22-9-19-14-7-12(23(25)26)4-5-13(14)17(22)24/h1-7,9H,8H2. The summed E-state index contributed by atoms with van der Waals surface area (Å²) in [5.74, 6) is 0.569. The third-order valence-corrected chi connectivity index (χ3v) is 4.11. The number of non-ortho nitro benzene ring substituents is 1. The summed E-state index contributed by atoms with van der Waals surface area (Å²) in [7, 11) is 0. The second-order valence-corrected chi connectivity index (χ2v) is 6.09. The largest absolute Gasteiger partial charge is 0.337 e. The SMILES string of the molecule is O=c1c2ccc([N+](=O)[O-])cc2ncn1Cc1nc(-c2cccc(Cl)c2)no1. The number of nitrogens with zero attached hydrogens (tertiary/aromatic N) is 5. The average Bonchev–Trinajstić information content (AvgIpc) is 3.12. The van der Waals surface area contributed by atoms with E-state index in [1.54, 1.807) is 24.3 Å². The van der Waals surface area contributed by atoms with Crippen LogP contribution in [0.3, 0.4) is 0 Å². The fraction of sp³-hybridized carbons (Fsp3) is 0.0588. The van der Waals surface area contributed by atoms with Crippen molar-refractivity contribution < 1.29 is 9.45 Å². The molecule has 0 bridgehead atoms. The summed E-state index contributed by atoms with van der Waals surface area (Å²) in [5.41, 5.74) is 0.442. The highest BCUT2D eigenvalue weighted by atomic mass is 35.5. The van der Waals surface area contributed by atoms with Gasteiger partial charge in [-0.1, -0.05) is 28.9 Å². The first-order valence-corrected chi connectivity index (χ1v) is 8.11. The summed E-state index contributed by atoms with van der Waals surface area (Å²) in [4.78, 5) is 31.2. The number of halogens is 1. The summed E-state index contributed by atoms with van der Waals surface area (Å²) in [5, 5.41) is 15.5. The topological polar surface area (TPSA) is 117 Å². The van der Waals surface area contributed by atoms with Gasteiger partial charge in [0.05, 0.1) is 22.2 Å². The molecule has 0 amide bonds. The Kier molecular flexibility index (Phi) is 4.13. The maximum atomic E-state index is 12.6. The van der Waals surface area contributed by atoms with Crippen LogP contribution in [0.4, 0.5) is 5.69 Å². The van der Waals surface area contributed by atoms with Crippen LogP contribution in [-0.4, -0.2) is 24.6 Å². The van der Waals surface area contributed by atoms with Crippen LogP contribution in [0.25, 0.3) is 22.3 Å². The first-order chi connectivity index (χ1) is 13.0. The molecule has 0 saturated heterocycles. The number of rotatable bonds is 4. The van der Waals surface area contributed by atoms with E-state index in [9.17, 15) is 14.9 Å². The molecular weight excluding hydrogens is 374 g/mol. The first-order valence-electron chi connectivity index (χ1n) is 7.73. The van der Waals surface area contributed by atoms with Crippen LogP contribution in [0.2, 0.25) is 5.02 Å². The molecule has 0 aliphatic carbocycles. The zero-order valence-electron chi connectivity index (χ0n) is 13.6. The molecule has 27 heavy (non-hydrogen) atoms. The van der Waals surface area contributed by atoms with Crippen LogP contribution in [0.15, 0.2) is 58.1 Å². The minimum Gasteiger partial charge on any atom is -0.337 e. The van der Waals surface area contributed by atoms with E-state index in [-0.39, 0.29) is 34.6 Å². The minimum atomic E-state index is -0.539. The van der Waals surface area contributed by atoms with Gasteiger partial charge in [0.2, 0.25) is 11.7 Å². The normalized spacial score (nSPS) is 11.0. The Hall–Kier alpha value is -3.59. The molecule has 0 aliphatic rings. The molecular formula is C17H10ClN5O4. The molecule has 0 aliphatic heterocycles. The number of hydrogen-bond donors (Lipinski definition) is 0. The van der Waals surface area contributed by atoms with Crippen LogP contribution < -0.4 is 5.56 Å². The molecule has 4 aromatic rings. The quantitative estimate of drug-likeness (QED) is 0.392. The summed E-state index contributed by atoms with van der Waals surface area (Å²) >= 11 is 5.96. The monoisotopic (exact) mass is 383 g/mol. The van der Waals surface area contributed by atoms with E-state index in [1.807, 2.05) is 0 Å². The van der Waals surface area contributed by atoms with Crippen molar-refractivity contribution in [2.45, 2.75) is 6.54 Å². The number of nitro groups is 1. The second-order valence-electron chi connectivity index (χ2n) is 5.66. The van der Waals surface area contributed by atoms with E-state index in [0.717, 1.165) is 0 Å². The fourth-order valence-electron chi connectivity index (χ4n) is 2.58. The number of hydrogen-bond acceptors (Lipinski definition) is 7. The maximum absolute atomic E-state index is 12.6. The van der Waals surface area contributed by atoms with E-state index in [1.165, 1.54) is 29.1 Å². The van der Waals surface area contributed by atoms with Gasteiger partial charge >= 0.3 is 0 Å². The highest BCUT2D eigenvalue weighted by Crippen LogP contribution is 2.20. The first kappa shape index (κ1) is 16.9. The number of aromatic nitrogens is 4. The Morgan fingerprint density at radius 3 is 2.85 bits per heavy atom. The zero-order valence-corrected chi connectivity index (χ0v) is 14.3. The lowest BCUT2D eigenvalue weighted by Gasteiger charge is -2.03. The van der Waals surface area contributed by atoms with E-state index in [2.05, 4.69) is 15.1 Å². The number of benzene rings is 2. The molecule has 0 unspecified atom stereocenters. The second kappa shape index (κ2) is 6.61. The molecule has 2 heterocycles. The fourth-order valence-corrected chi connectivity index (χ4v) is 2.77. The van der Waals surface area contributed by atoms with Gasteiger partial charge in [0.1, 0.15) is 6.54 Å². The van der Waals surface area contributed by atoms with Gasteiger partial charge in [-0.25, -0.2) is 4.98 Å². The Morgan fingerprint density at radius 2 is 2.07 bits per heavy atom. The van der Waals surface area contributed by atoms with E-state index in [0.29, 0.717) is 16.4 Å². The van der Waals surface area contributed by atoms with Gasteiger partial charge in [-0.15, -0.1) is 0 Å². The highest BCUT2D eigenvalue weighted by Gasteiger charge is 2.13. The van der Waals surface area contributed by atoms with Gasteiger partial charge in [-0.3, -0.25) is 19.5 Å². The van der Waals surface area contributed by atoms with Crippen molar-refractivity contribution in [2.24, 2.45) is 0 Å². The van der Waals surface area contributed by atoms with Gasteiger partial charge < -0.3 is 4.52 Å². The summed E-state index contributed by atoms with van der Waals surface area (Å²) in [6, 6.07) is 10.9. The highest BCUT2D eigenvalue weighted by molar-refractivity contribution is 6.30. The summed E-state index contributed by atoms with van der Waals surface area (Å²) < 4.78 is 6.49. The summed E-state index contributed by atoms with van der Waals surface area (Å²) in [6.45, 7) is 0.0202. The predicted octanol–water partition coefficient (Wildman–Crippen LogP) is 3.06. The van der Waals surface area contributed by atoms with E-state index in [4.69, 9.17) is 16.1 Å². The van der Waals surface area contributed by atoms with Crippen LogP contribution in [0.1, 0.15) is 5.89 Å². The van der Waals surface area contributed by atoms with Crippen molar-refractivity contribution in [2.75, 3.05) is 0 Å². The Balaban J connectivity index is 1.66. The molecule has 134 valence electrons. The number of nitro benzene ring substituents is 1. The molecule has 0 saturated carbocycles. The Labute approximate surface area is 156 Å². The maximum Gasteiger partial charge on any atom is 0.271 e. The van der Waals surface area contributed by atoms with Gasteiger partial charge in [-0.2, -0.15) is 4.98 Å². The molecule has 2 aromatic carbocycles. The van der Waals surface area contributed by atoms with Gasteiger partial charge in [-0.05, 0) is 18.2 Å². The van der Waals surface area contributed by atoms with Gasteiger partial charge in [0.25, 0.3) is 11.2 Å². The van der Waals surface area contributed by atoms with Crippen LogP contribution >= 0.6 is 11.6 Å². The van der Waals surface area contributed by atoms with Crippen LogP contribution in [-0.2, 0) is 6.54 Å². The minimum absolute atomic E-state index is 0.0202. The molecule has 9 nitrogen and oxygen atoms in total. The lowest BCUT2D eigenvalue weighted by molar-refractivity contribution is -0.384. The molecule has 0 N–H and O–H groups in total. The van der Waals surface area contributed by atoms with Crippen LogP contribution in [0, 0.1) is 10.1 Å². The lowest BCUT2D eigenvalue weighted by Crippen LogP contribution is -2.21. The molecule has 10 heteroatoms. The van der Waals surface area contributed by atoms with E-state index >= 15 is 0 Å². The summed E-state index contributed by atoms with van der Waals surface area (Å²) in [6.07, 6.45) is 1.29. The van der Waals surface area contributed by atoms with Gasteiger partial charge in [0.15, 0.2) is 0 Å². The van der Waals surface area contributed by atoms with Crippen molar-refractivity contribution in [3.8, 4) is 11.4 Å². The van der Waals surface area contributed by atoms with Crippen molar-refractivity contribution in [3.05, 3.63) is 80.2 Å². The van der Waals surface area contributed by atoms with Gasteiger partial charge in [0, 0.05) is 22.7 Å². The lowest BCUT2D eigenvalue weighted by atomic mass is 10.2. The molecule has 0 atom stereocenters. The smallest absolute Gasteiger partial charge is 0.271 e. The predicted molar refractivity (Wildman–Crippen MR) is 96.5 cm³/mol. The zero-order chi connectivity index (χ0) is 19.0. The van der Waals surface area contributed by atoms with Crippen LogP contribution in [0.5, 0.6) is 0 Å². The molecule has 2 aromatic heterocycles. The van der Waals surface area contributed by atoms with Crippen molar-refractivity contribution in [1.82, 2.24) is 19.7 Å². The molecule has 0 fully saturated rings. The Bertz CT molecular complexity index is 1230. The molecule has 0 spiro atoms. The number of fused-ring (bicyclic) bond motifs is 1. The van der Waals surface area contributed by atoms with Crippen molar-refractivity contribution in [1.29, 1.82) is 0 Å².